The van der Waals surface area contributed by atoms with E-state index in [0.29, 0.717) is 5.56 Å². The maximum atomic E-state index is 12.7. The fourth-order valence-corrected chi connectivity index (χ4v) is 4.66. The summed E-state index contributed by atoms with van der Waals surface area (Å²) in [6.07, 6.45) is -0.910. The highest BCUT2D eigenvalue weighted by Crippen LogP contribution is 2.45. The quantitative estimate of drug-likeness (QED) is 0.325. The SMILES string of the molecule is CN1C(=O)c2ccc3c4cccc5cccc(c6ccc(c2c36)C1O)c54. The van der Waals surface area contributed by atoms with Crippen LogP contribution >= 0.6 is 0 Å². The van der Waals surface area contributed by atoms with Gasteiger partial charge in [-0.15, -0.1) is 0 Å². The van der Waals surface area contributed by atoms with E-state index in [1.807, 2.05) is 12.1 Å². The lowest BCUT2D eigenvalue weighted by molar-refractivity contribution is 0.0174. The van der Waals surface area contributed by atoms with Crippen LogP contribution in [-0.2, 0) is 0 Å². The molecular formula is C23H15NO2. The third-order valence-electron chi connectivity index (χ3n) is 5.87. The molecular weight excluding hydrogens is 322 g/mol. The summed E-state index contributed by atoms with van der Waals surface area (Å²) in [5, 5.41) is 19.7. The molecule has 0 spiro atoms. The van der Waals surface area contributed by atoms with Crippen molar-refractivity contribution in [1.29, 1.82) is 0 Å². The Morgan fingerprint density at radius 1 is 0.769 bits per heavy atom. The van der Waals surface area contributed by atoms with Gasteiger partial charge in [0.25, 0.3) is 5.91 Å². The summed E-state index contributed by atoms with van der Waals surface area (Å²) in [6, 6.07) is 20.7. The lowest BCUT2D eigenvalue weighted by Gasteiger charge is -2.31. The van der Waals surface area contributed by atoms with Gasteiger partial charge in [-0.25, -0.2) is 0 Å². The minimum absolute atomic E-state index is 0.134. The molecule has 0 fully saturated rings. The molecule has 0 radical (unpaired) electrons. The fourth-order valence-electron chi connectivity index (χ4n) is 4.66. The van der Waals surface area contributed by atoms with E-state index in [4.69, 9.17) is 0 Å². The van der Waals surface area contributed by atoms with Crippen molar-refractivity contribution in [2.75, 3.05) is 7.05 Å². The van der Waals surface area contributed by atoms with E-state index < -0.39 is 6.23 Å². The molecule has 0 aromatic heterocycles. The van der Waals surface area contributed by atoms with Crippen molar-refractivity contribution in [3.05, 3.63) is 71.8 Å². The number of carbonyl (C=O) groups is 1. The number of nitrogens with zero attached hydrogens (tertiary/aromatic N) is 1. The first kappa shape index (κ1) is 14.0. The number of hydrogen-bond donors (Lipinski definition) is 1. The summed E-state index contributed by atoms with van der Waals surface area (Å²) in [6.45, 7) is 0. The van der Waals surface area contributed by atoms with Crippen LogP contribution in [-0.4, -0.2) is 23.0 Å². The predicted molar refractivity (Wildman–Crippen MR) is 105 cm³/mol. The Labute approximate surface area is 149 Å². The Kier molecular flexibility index (Phi) is 2.44. The summed E-state index contributed by atoms with van der Waals surface area (Å²) in [5.74, 6) is -0.134. The summed E-state index contributed by atoms with van der Waals surface area (Å²) in [5.41, 5.74) is 1.47. The maximum Gasteiger partial charge on any atom is 0.256 e. The second-order valence-corrected chi connectivity index (χ2v) is 7.11. The molecule has 0 aliphatic carbocycles. The smallest absolute Gasteiger partial charge is 0.256 e. The van der Waals surface area contributed by atoms with Gasteiger partial charge in [0.15, 0.2) is 6.23 Å². The normalized spacial score (nSPS) is 17.2. The van der Waals surface area contributed by atoms with Gasteiger partial charge >= 0.3 is 0 Å². The van der Waals surface area contributed by atoms with Gasteiger partial charge in [0.1, 0.15) is 0 Å². The molecule has 5 aromatic carbocycles. The molecule has 1 N–H and O–H groups in total. The maximum absolute atomic E-state index is 12.7. The standard InChI is InChI=1S/C23H15NO2/c1-24-22(25)17-10-8-15-13-6-2-4-12-5-3-7-14(19(12)13)16-9-11-18(23(24)26)21(17)20(15)16/h2-11,22,25H,1H3. The first-order valence-electron chi connectivity index (χ1n) is 8.74. The van der Waals surface area contributed by atoms with Crippen molar-refractivity contribution in [1.82, 2.24) is 4.90 Å². The summed E-state index contributed by atoms with van der Waals surface area (Å²) in [4.78, 5) is 14.1. The van der Waals surface area contributed by atoms with Gasteiger partial charge in [-0.3, -0.25) is 4.79 Å². The Bertz CT molecular complexity index is 1340. The largest absolute Gasteiger partial charge is 0.369 e. The number of aliphatic hydroxyl groups is 1. The van der Waals surface area contributed by atoms with Gasteiger partial charge in [0, 0.05) is 23.6 Å². The van der Waals surface area contributed by atoms with Gasteiger partial charge in [-0.2, -0.15) is 0 Å². The molecule has 3 nitrogen and oxygen atoms in total. The van der Waals surface area contributed by atoms with Crippen molar-refractivity contribution >= 4 is 49.0 Å². The number of aliphatic hydroxyl groups excluding tert-OH is 1. The summed E-state index contributed by atoms with van der Waals surface area (Å²) < 4.78 is 0. The van der Waals surface area contributed by atoms with Crippen molar-refractivity contribution in [3.8, 4) is 0 Å². The molecule has 1 atom stereocenters. The van der Waals surface area contributed by atoms with Crippen LogP contribution in [0, 0.1) is 0 Å². The highest BCUT2D eigenvalue weighted by Gasteiger charge is 2.31. The molecule has 26 heavy (non-hydrogen) atoms. The number of amides is 1. The number of carbonyl (C=O) groups excluding carboxylic acids is 1. The molecule has 5 aromatic rings. The van der Waals surface area contributed by atoms with E-state index in [1.54, 1.807) is 7.05 Å². The van der Waals surface area contributed by atoms with Crippen LogP contribution in [0.15, 0.2) is 60.7 Å². The number of fused-ring (bicyclic) bond motifs is 2. The van der Waals surface area contributed by atoms with Crippen molar-refractivity contribution in [2.45, 2.75) is 6.23 Å². The molecule has 1 unspecified atom stereocenters. The molecule has 1 heterocycles. The number of benzene rings is 5. The minimum atomic E-state index is -0.910. The fraction of sp³-hybridized carbons (Fsp3) is 0.0870. The molecule has 3 heteroatoms. The summed E-state index contributed by atoms with van der Waals surface area (Å²) >= 11 is 0. The van der Waals surface area contributed by atoms with Crippen LogP contribution in [0.2, 0.25) is 0 Å². The minimum Gasteiger partial charge on any atom is -0.369 e. The predicted octanol–water partition coefficient (Wildman–Crippen LogP) is 4.81. The second kappa shape index (κ2) is 4.51. The van der Waals surface area contributed by atoms with E-state index in [-0.39, 0.29) is 5.91 Å². The van der Waals surface area contributed by atoms with Gasteiger partial charge in [-0.1, -0.05) is 54.6 Å². The highest BCUT2D eigenvalue weighted by molar-refractivity contribution is 6.35. The van der Waals surface area contributed by atoms with Crippen LogP contribution in [0.3, 0.4) is 0 Å². The van der Waals surface area contributed by atoms with Crippen LogP contribution in [0.4, 0.5) is 0 Å². The average molecular weight is 337 g/mol. The van der Waals surface area contributed by atoms with Gasteiger partial charge in [-0.05, 0) is 43.8 Å². The third kappa shape index (κ3) is 1.46. The first-order chi connectivity index (χ1) is 12.7. The van der Waals surface area contributed by atoms with E-state index in [9.17, 15) is 9.90 Å². The highest BCUT2D eigenvalue weighted by atomic mass is 16.3. The van der Waals surface area contributed by atoms with Crippen LogP contribution in [0.1, 0.15) is 22.1 Å². The average Bonchev–Trinajstić information content (AvgIpc) is 2.68. The molecule has 0 bridgehead atoms. The molecule has 1 amide bonds. The zero-order valence-corrected chi connectivity index (χ0v) is 14.2. The zero-order valence-electron chi connectivity index (χ0n) is 14.2. The Hall–Kier alpha value is -3.17. The zero-order chi connectivity index (χ0) is 17.6. The lowest BCUT2D eigenvalue weighted by atomic mass is 9.85. The Morgan fingerprint density at radius 2 is 1.38 bits per heavy atom. The topological polar surface area (TPSA) is 40.5 Å². The van der Waals surface area contributed by atoms with Crippen LogP contribution < -0.4 is 0 Å². The number of rotatable bonds is 0. The third-order valence-corrected chi connectivity index (χ3v) is 5.87. The Balaban J connectivity index is 1.98. The van der Waals surface area contributed by atoms with Gasteiger partial charge in [0.2, 0.25) is 0 Å². The molecule has 6 rings (SSSR count). The van der Waals surface area contributed by atoms with Crippen molar-refractivity contribution in [3.63, 3.8) is 0 Å². The molecule has 1 aliphatic rings. The molecule has 0 saturated carbocycles. The van der Waals surface area contributed by atoms with E-state index in [1.165, 1.54) is 26.4 Å². The monoisotopic (exact) mass is 337 g/mol. The Morgan fingerprint density at radius 3 is 2.08 bits per heavy atom. The van der Waals surface area contributed by atoms with E-state index >= 15 is 0 Å². The van der Waals surface area contributed by atoms with Crippen molar-refractivity contribution < 1.29 is 9.90 Å². The summed E-state index contributed by atoms with van der Waals surface area (Å²) in [7, 11) is 1.64. The molecule has 124 valence electrons. The number of hydrogen-bond acceptors (Lipinski definition) is 2. The van der Waals surface area contributed by atoms with E-state index in [0.717, 1.165) is 27.1 Å². The molecule has 0 saturated heterocycles. The van der Waals surface area contributed by atoms with Crippen molar-refractivity contribution in [2.24, 2.45) is 0 Å². The first-order valence-corrected chi connectivity index (χ1v) is 8.74. The van der Waals surface area contributed by atoms with Gasteiger partial charge < -0.3 is 10.0 Å². The van der Waals surface area contributed by atoms with Crippen LogP contribution in [0.25, 0.3) is 43.1 Å². The van der Waals surface area contributed by atoms with Gasteiger partial charge in [0.05, 0.1) is 0 Å². The molecule has 1 aliphatic heterocycles. The van der Waals surface area contributed by atoms with Crippen LogP contribution in [0.5, 0.6) is 0 Å². The lowest BCUT2D eigenvalue weighted by Crippen LogP contribution is -2.34. The second-order valence-electron chi connectivity index (χ2n) is 7.11. The van der Waals surface area contributed by atoms with E-state index in [2.05, 4.69) is 48.5 Å².